The van der Waals surface area contributed by atoms with E-state index < -0.39 is 11.9 Å². The van der Waals surface area contributed by atoms with Gasteiger partial charge in [-0.3, -0.25) is 9.59 Å². The van der Waals surface area contributed by atoms with Gasteiger partial charge in [-0.15, -0.1) is 0 Å². The van der Waals surface area contributed by atoms with Crippen LogP contribution in [0.1, 0.15) is 17.5 Å². The Labute approximate surface area is 99.5 Å². The lowest BCUT2D eigenvalue weighted by Crippen LogP contribution is -2.11. The molecule has 4 heteroatoms. The smallest absolute Gasteiger partial charge is 0.317 e. The fourth-order valence-electron chi connectivity index (χ4n) is 2.01. The fourth-order valence-corrected chi connectivity index (χ4v) is 2.01. The van der Waals surface area contributed by atoms with Crippen LogP contribution in [0.4, 0.5) is 0 Å². The van der Waals surface area contributed by atoms with Crippen molar-refractivity contribution >= 4 is 11.9 Å². The Hall–Kier alpha value is -1.84. The van der Waals surface area contributed by atoms with Gasteiger partial charge in [-0.05, 0) is 25.0 Å². The number of carbonyl (C=O) groups excluding carboxylic acids is 2. The first-order valence-corrected chi connectivity index (χ1v) is 5.48. The molecule has 1 fully saturated rings. The van der Waals surface area contributed by atoms with Gasteiger partial charge in [-0.2, -0.15) is 0 Å². The third-order valence-electron chi connectivity index (χ3n) is 2.86. The number of hydrogen-bond donors (Lipinski definition) is 0. The number of carbonyl (C=O) groups is 2. The maximum atomic E-state index is 11.4. The second-order valence-electron chi connectivity index (χ2n) is 4.21. The highest BCUT2D eigenvalue weighted by molar-refractivity contribution is 5.94. The van der Waals surface area contributed by atoms with Crippen molar-refractivity contribution in [3.8, 4) is 5.75 Å². The van der Waals surface area contributed by atoms with Crippen molar-refractivity contribution in [3.63, 3.8) is 0 Å². The molecule has 1 atom stereocenters. The van der Waals surface area contributed by atoms with Crippen molar-refractivity contribution in [2.24, 2.45) is 5.92 Å². The largest absolute Gasteiger partial charge is 0.496 e. The van der Waals surface area contributed by atoms with Crippen LogP contribution in [-0.2, 0) is 20.7 Å². The van der Waals surface area contributed by atoms with Gasteiger partial charge in [0.15, 0.2) is 0 Å². The number of aryl methyl sites for hydroxylation is 1. The third-order valence-corrected chi connectivity index (χ3v) is 2.86. The van der Waals surface area contributed by atoms with E-state index in [1.54, 1.807) is 7.11 Å². The second-order valence-corrected chi connectivity index (χ2v) is 4.21. The molecule has 0 aromatic heterocycles. The van der Waals surface area contributed by atoms with E-state index >= 15 is 0 Å². The molecule has 1 heterocycles. The van der Waals surface area contributed by atoms with Crippen molar-refractivity contribution < 1.29 is 19.1 Å². The Kier molecular flexibility index (Phi) is 3.13. The van der Waals surface area contributed by atoms with Crippen LogP contribution in [0.5, 0.6) is 5.75 Å². The standard InChI is InChI=1S/C13H14O4/c1-8-3-4-11(16-2)9(5-8)6-10-7-12(14)17-13(10)15/h3-5,10H,6-7H2,1-2H3. The van der Waals surface area contributed by atoms with Crippen LogP contribution in [0.25, 0.3) is 0 Å². The highest BCUT2D eigenvalue weighted by Gasteiger charge is 2.33. The van der Waals surface area contributed by atoms with E-state index in [1.807, 2.05) is 25.1 Å². The average Bonchev–Trinajstić information content (AvgIpc) is 2.58. The molecule has 4 nitrogen and oxygen atoms in total. The molecule has 0 aliphatic carbocycles. The van der Waals surface area contributed by atoms with E-state index in [4.69, 9.17) is 4.74 Å². The number of benzene rings is 1. The van der Waals surface area contributed by atoms with E-state index in [1.165, 1.54) is 0 Å². The normalized spacial score (nSPS) is 19.3. The summed E-state index contributed by atoms with van der Waals surface area (Å²) in [7, 11) is 1.59. The molecule has 0 radical (unpaired) electrons. The molecule has 0 N–H and O–H groups in total. The van der Waals surface area contributed by atoms with Gasteiger partial charge in [0.1, 0.15) is 5.75 Å². The zero-order valence-electron chi connectivity index (χ0n) is 9.86. The summed E-state index contributed by atoms with van der Waals surface area (Å²) in [6, 6.07) is 5.78. The molecule has 17 heavy (non-hydrogen) atoms. The predicted molar refractivity (Wildman–Crippen MR) is 60.6 cm³/mol. The summed E-state index contributed by atoms with van der Waals surface area (Å²) in [5, 5.41) is 0. The lowest BCUT2D eigenvalue weighted by atomic mass is 9.96. The van der Waals surface area contributed by atoms with Crippen LogP contribution in [0.3, 0.4) is 0 Å². The van der Waals surface area contributed by atoms with Gasteiger partial charge in [-0.1, -0.05) is 17.7 Å². The molecule has 0 bridgehead atoms. The van der Waals surface area contributed by atoms with Crippen molar-refractivity contribution in [3.05, 3.63) is 29.3 Å². The lowest BCUT2D eigenvalue weighted by molar-refractivity contribution is -0.153. The van der Waals surface area contributed by atoms with Crippen molar-refractivity contribution in [1.29, 1.82) is 0 Å². The number of ether oxygens (including phenoxy) is 2. The molecule has 1 aliphatic rings. The maximum Gasteiger partial charge on any atom is 0.317 e. The van der Waals surface area contributed by atoms with Crippen LogP contribution >= 0.6 is 0 Å². The highest BCUT2D eigenvalue weighted by atomic mass is 16.6. The number of methoxy groups -OCH3 is 1. The molecule has 1 aromatic rings. The van der Waals surface area contributed by atoms with Gasteiger partial charge in [0.25, 0.3) is 0 Å². The third kappa shape index (κ3) is 2.46. The second kappa shape index (κ2) is 4.57. The van der Waals surface area contributed by atoms with Crippen LogP contribution in [0, 0.1) is 12.8 Å². The molecule has 90 valence electrons. The summed E-state index contributed by atoms with van der Waals surface area (Å²) in [4.78, 5) is 22.4. The Morgan fingerprint density at radius 2 is 2.18 bits per heavy atom. The number of hydrogen-bond acceptors (Lipinski definition) is 4. The van der Waals surface area contributed by atoms with Gasteiger partial charge in [0, 0.05) is 0 Å². The van der Waals surface area contributed by atoms with E-state index in [2.05, 4.69) is 4.74 Å². The van der Waals surface area contributed by atoms with Crippen LogP contribution < -0.4 is 4.74 Å². The first kappa shape index (κ1) is 11.6. The average molecular weight is 234 g/mol. The number of cyclic esters (lactones) is 2. The van der Waals surface area contributed by atoms with Gasteiger partial charge in [0.05, 0.1) is 19.4 Å². The number of esters is 2. The molecule has 1 aliphatic heterocycles. The SMILES string of the molecule is COc1ccc(C)cc1CC1CC(=O)OC1=O. The monoisotopic (exact) mass is 234 g/mol. The Balaban J connectivity index is 2.20. The molecule has 1 unspecified atom stereocenters. The van der Waals surface area contributed by atoms with E-state index in [-0.39, 0.29) is 12.3 Å². The van der Waals surface area contributed by atoms with E-state index in [9.17, 15) is 9.59 Å². The van der Waals surface area contributed by atoms with Gasteiger partial charge >= 0.3 is 11.9 Å². The Morgan fingerprint density at radius 3 is 2.76 bits per heavy atom. The van der Waals surface area contributed by atoms with Crippen molar-refractivity contribution in [2.45, 2.75) is 19.8 Å². The molecule has 2 rings (SSSR count). The predicted octanol–water partition coefficient (Wildman–Crippen LogP) is 1.64. The minimum atomic E-state index is -0.438. The first-order valence-electron chi connectivity index (χ1n) is 5.48. The molecule has 0 spiro atoms. The van der Waals surface area contributed by atoms with E-state index in [0.717, 1.165) is 16.9 Å². The van der Waals surface area contributed by atoms with Crippen molar-refractivity contribution in [2.75, 3.05) is 7.11 Å². The molecule has 1 aromatic carbocycles. The maximum absolute atomic E-state index is 11.4. The van der Waals surface area contributed by atoms with Gasteiger partial charge in [0.2, 0.25) is 0 Å². The summed E-state index contributed by atoms with van der Waals surface area (Å²) < 4.78 is 9.77. The Bertz CT molecular complexity index is 464. The minimum Gasteiger partial charge on any atom is -0.496 e. The summed E-state index contributed by atoms with van der Waals surface area (Å²) >= 11 is 0. The molecule has 1 saturated heterocycles. The zero-order chi connectivity index (χ0) is 12.4. The summed E-state index contributed by atoms with van der Waals surface area (Å²) in [6.07, 6.45) is 0.644. The van der Waals surface area contributed by atoms with E-state index in [0.29, 0.717) is 6.42 Å². The summed E-state index contributed by atoms with van der Waals surface area (Å²) in [5.74, 6) is -0.508. The van der Waals surface area contributed by atoms with Crippen LogP contribution in [-0.4, -0.2) is 19.0 Å². The van der Waals surface area contributed by atoms with Crippen LogP contribution in [0.15, 0.2) is 18.2 Å². The Morgan fingerprint density at radius 1 is 1.41 bits per heavy atom. The quantitative estimate of drug-likeness (QED) is 0.589. The highest BCUT2D eigenvalue weighted by Crippen LogP contribution is 2.27. The first-order chi connectivity index (χ1) is 8.10. The molecule has 0 amide bonds. The molecule has 0 saturated carbocycles. The fraction of sp³-hybridized carbons (Fsp3) is 0.385. The van der Waals surface area contributed by atoms with Crippen molar-refractivity contribution in [1.82, 2.24) is 0 Å². The lowest BCUT2D eigenvalue weighted by Gasteiger charge is -2.11. The van der Waals surface area contributed by atoms with Crippen LogP contribution in [0.2, 0.25) is 0 Å². The summed E-state index contributed by atoms with van der Waals surface area (Å²) in [5.41, 5.74) is 2.03. The molecular weight excluding hydrogens is 220 g/mol. The zero-order valence-corrected chi connectivity index (χ0v) is 9.86. The number of rotatable bonds is 3. The van der Waals surface area contributed by atoms with Gasteiger partial charge < -0.3 is 9.47 Å². The summed E-state index contributed by atoms with van der Waals surface area (Å²) in [6.45, 7) is 1.97. The topological polar surface area (TPSA) is 52.6 Å². The van der Waals surface area contributed by atoms with Gasteiger partial charge in [-0.25, -0.2) is 0 Å². The molecular formula is C13H14O4. The minimum absolute atomic E-state index is 0.163.